The monoisotopic (exact) mass is 294 g/mol. The molecule has 1 heterocycles. The molecule has 1 saturated heterocycles. The van der Waals surface area contributed by atoms with Crippen molar-refractivity contribution in [2.75, 3.05) is 13.1 Å². The summed E-state index contributed by atoms with van der Waals surface area (Å²) in [6.07, 6.45) is 8.23. The summed E-state index contributed by atoms with van der Waals surface area (Å²) >= 11 is 0. The van der Waals surface area contributed by atoms with Crippen LogP contribution < -0.4 is 5.73 Å². The van der Waals surface area contributed by atoms with E-state index in [9.17, 15) is 0 Å². The normalized spacial score (nSPS) is 42.4. The van der Waals surface area contributed by atoms with E-state index < -0.39 is 0 Å². The molecule has 2 nitrogen and oxygen atoms in total. The standard InChI is InChI=1S/C19H38N2/c1-14(2)9-18-7-6-8-19(11-18,13-20)21-12-15(3)10-16(4)17(21)5/h14-18H,6-13,20H2,1-5H3. The van der Waals surface area contributed by atoms with E-state index >= 15 is 0 Å². The second-order valence-corrected chi connectivity index (χ2v) is 8.73. The van der Waals surface area contributed by atoms with Crippen molar-refractivity contribution in [3.8, 4) is 0 Å². The zero-order valence-electron chi connectivity index (χ0n) is 15.1. The van der Waals surface area contributed by atoms with Gasteiger partial charge in [-0.15, -0.1) is 0 Å². The molecule has 2 aliphatic rings. The minimum absolute atomic E-state index is 0.292. The average molecular weight is 295 g/mol. The highest BCUT2D eigenvalue weighted by Gasteiger charge is 2.45. The summed E-state index contributed by atoms with van der Waals surface area (Å²) in [6, 6.07) is 0.697. The SMILES string of the molecule is CC(C)CC1CCCC(CN)(N2CC(C)CC(C)C2C)C1. The maximum atomic E-state index is 6.37. The third kappa shape index (κ3) is 3.82. The van der Waals surface area contributed by atoms with Crippen LogP contribution in [0.4, 0.5) is 0 Å². The molecule has 2 rings (SSSR count). The zero-order valence-corrected chi connectivity index (χ0v) is 15.1. The van der Waals surface area contributed by atoms with Crippen LogP contribution in [0.15, 0.2) is 0 Å². The van der Waals surface area contributed by atoms with Gasteiger partial charge in [0.05, 0.1) is 0 Å². The Hall–Kier alpha value is -0.0800. The summed E-state index contributed by atoms with van der Waals surface area (Å²) in [5.41, 5.74) is 6.67. The van der Waals surface area contributed by atoms with Gasteiger partial charge < -0.3 is 5.73 Å². The molecule has 1 aliphatic carbocycles. The first-order valence-electron chi connectivity index (χ1n) is 9.34. The Morgan fingerprint density at radius 2 is 1.95 bits per heavy atom. The quantitative estimate of drug-likeness (QED) is 0.838. The molecule has 0 amide bonds. The molecule has 0 radical (unpaired) electrons. The van der Waals surface area contributed by atoms with Crippen molar-refractivity contribution in [3.05, 3.63) is 0 Å². The van der Waals surface area contributed by atoms with Gasteiger partial charge in [0.25, 0.3) is 0 Å². The van der Waals surface area contributed by atoms with Crippen LogP contribution in [0.1, 0.15) is 73.1 Å². The summed E-state index contributed by atoms with van der Waals surface area (Å²) in [4.78, 5) is 2.83. The van der Waals surface area contributed by atoms with E-state index in [1.165, 1.54) is 45.1 Å². The average Bonchev–Trinajstić information content (AvgIpc) is 2.42. The fourth-order valence-corrected chi connectivity index (χ4v) is 5.23. The van der Waals surface area contributed by atoms with Crippen LogP contribution in [-0.4, -0.2) is 29.6 Å². The van der Waals surface area contributed by atoms with Gasteiger partial charge in [-0.25, -0.2) is 0 Å². The summed E-state index contributed by atoms with van der Waals surface area (Å²) in [7, 11) is 0. The van der Waals surface area contributed by atoms with Gasteiger partial charge in [-0.2, -0.15) is 0 Å². The molecule has 0 spiro atoms. The van der Waals surface area contributed by atoms with E-state index in [4.69, 9.17) is 5.73 Å². The van der Waals surface area contributed by atoms with E-state index in [-0.39, 0.29) is 0 Å². The van der Waals surface area contributed by atoms with Gasteiger partial charge in [-0.1, -0.05) is 40.5 Å². The highest BCUT2D eigenvalue weighted by atomic mass is 15.2. The molecule has 1 aliphatic heterocycles. The van der Waals surface area contributed by atoms with Crippen molar-refractivity contribution in [2.24, 2.45) is 29.4 Å². The Kier molecular flexibility index (Phi) is 5.76. The lowest BCUT2D eigenvalue weighted by Crippen LogP contribution is -2.63. The van der Waals surface area contributed by atoms with Crippen LogP contribution in [0.25, 0.3) is 0 Å². The number of piperidine rings is 1. The maximum absolute atomic E-state index is 6.37. The third-order valence-corrected chi connectivity index (χ3v) is 6.31. The molecule has 5 atom stereocenters. The first-order chi connectivity index (χ1) is 9.88. The minimum atomic E-state index is 0.292. The number of hydrogen-bond acceptors (Lipinski definition) is 2. The second kappa shape index (κ2) is 7.00. The van der Waals surface area contributed by atoms with E-state index in [0.29, 0.717) is 11.6 Å². The smallest absolute Gasteiger partial charge is 0.0337 e. The van der Waals surface area contributed by atoms with Gasteiger partial charge in [0.1, 0.15) is 0 Å². The lowest BCUT2D eigenvalue weighted by atomic mass is 9.70. The predicted octanol–water partition coefficient (Wildman–Crippen LogP) is 4.29. The Morgan fingerprint density at radius 3 is 2.57 bits per heavy atom. The van der Waals surface area contributed by atoms with E-state index in [1.54, 1.807) is 0 Å². The molecule has 21 heavy (non-hydrogen) atoms. The lowest BCUT2D eigenvalue weighted by Gasteiger charge is -2.55. The van der Waals surface area contributed by atoms with Crippen molar-refractivity contribution in [2.45, 2.75) is 84.7 Å². The molecule has 2 fully saturated rings. The molecular weight excluding hydrogens is 256 g/mol. The maximum Gasteiger partial charge on any atom is 0.0337 e. The van der Waals surface area contributed by atoms with Crippen molar-refractivity contribution in [1.82, 2.24) is 4.90 Å². The van der Waals surface area contributed by atoms with E-state index in [0.717, 1.165) is 30.2 Å². The lowest BCUT2D eigenvalue weighted by molar-refractivity contribution is -0.0472. The highest BCUT2D eigenvalue weighted by molar-refractivity contribution is 5.01. The summed E-state index contributed by atoms with van der Waals surface area (Å²) < 4.78 is 0. The van der Waals surface area contributed by atoms with E-state index in [1.807, 2.05) is 0 Å². The zero-order chi connectivity index (χ0) is 15.6. The molecule has 2 heteroatoms. The Balaban J connectivity index is 2.15. The third-order valence-electron chi connectivity index (χ3n) is 6.31. The van der Waals surface area contributed by atoms with Crippen molar-refractivity contribution in [3.63, 3.8) is 0 Å². The van der Waals surface area contributed by atoms with Gasteiger partial charge >= 0.3 is 0 Å². The Bertz CT molecular complexity index is 328. The molecule has 2 N–H and O–H groups in total. The van der Waals surface area contributed by atoms with Crippen LogP contribution in [0, 0.1) is 23.7 Å². The Labute approximate surface area is 132 Å². The minimum Gasteiger partial charge on any atom is -0.329 e. The molecular formula is C19H38N2. The predicted molar refractivity (Wildman–Crippen MR) is 92.3 cm³/mol. The van der Waals surface area contributed by atoms with Gasteiger partial charge in [-0.3, -0.25) is 4.90 Å². The fraction of sp³-hybridized carbons (Fsp3) is 1.00. The van der Waals surface area contributed by atoms with Gasteiger partial charge in [-0.05, 0) is 56.3 Å². The molecule has 0 aromatic heterocycles. The number of nitrogens with two attached hydrogens (primary N) is 1. The first-order valence-corrected chi connectivity index (χ1v) is 9.34. The number of rotatable bonds is 4. The number of hydrogen-bond donors (Lipinski definition) is 1. The second-order valence-electron chi connectivity index (χ2n) is 8.73. The molecule has 124 valence electrons. The van der Waals surface area contributed by atoms with Crippen LogP contribution in [-0.2, 0) is 0 Å². The fourth-order valence-electron chi connectivity index (χ4n) is 5.23. The van der Waals surface area contributed by atoms with Crippen LogP contribution in [0.3, 0.4) is 0 Å². The molecule has 5 unspecified atom stereocenters. The molecule has 0 aromatic rings. The largest absolute Gasteiger partial charge is 0.329 e. The van der Waals surface area contributed by atoms with Crippen molar-refractivity contribution >= 4 is 0 Å². The topological polar surface area (TPSA) is 29.3 Å². The molecule has 0 bridgehead atoms. The van der Waals surface area contributed by atoms with Crippen LogP contribution in [0.5, 0.6) is 0 Å². The number of nitrogens with zero attached hydrogens (tertiary/aromatic N) is 1. The van der Waals surface area contributed by atoms with Crippen molar-refractivity contribution < 1.29 is 0 Å². The van der Waals surface area contributed by atoms with Gasteiger partial charge in [0.2, 0.25) is 0 Å². The highest BCUT2D eigenvalue weighted by Crippen LogP contribution is 2.43. The van der Waals surface area contributed by atoms with E-state index in [2.05, 4.69) is 39.5 Å². The summed E-state index contributed by atoms with van der Waals surface area (Å²) in [6.45, 7) is 14.2. The summed E-state index contributed by atoms with van der Waals surface area (Å²) in [5, 5.41) is 0. The van der Waals surface area contributed by atoms with Gasteiger partial charge in [0, 0.05) is 24.7 Å². The number of likely N-dealkylation sites (tertiary alicyclic amines) is 1. The Morgan fingerprint density at radius 1 is 1.24 bits per heavy atom. The molecule has 0 aromatic carbocycles. The summed E-state index contributed by atoms with van der Waals surface area (Å²) in [5.74, 6) is 3.34. The van der Waals surface area contributed by atoms with Crippen molar-refractivity contribution in [1.29, 1.82) is 0 Å². The molecule has 1 saturated carbocycles. The van der Waals surface area contributed by atoms with Gasteiger partial charge in [0.15, 0.2) is 0 Å². The first kappa shape index (κ1) is 17.3. The van der Waals surface area contributed by atoms with Crippen LogP contribution >= 0.6 is 0 Å². The van der Waals surface area contributed by atoms with Crippen LogP contribution in [0.2, 0.25) is 0 Å².